The number of carbonyl (C=O) groups is 1. The average molecular weight is 336 g/mol. The number of carbonyl (C=O) groups excluding carboxylic acids is 1. The highest BCUT2D eigenvalue weighted by molar-refractivity contribution is 5.94. The fourth-order valence-corrected chi connectivity index (χ4v) is 3.68. The van der Waals surface area contributed by atoms with Crippen molar-refractivity contribution in [3.63, 3.8) is 0 Å². The normalized spacial score (nSPS) is 17.7. The van der Waals surface area contributed by atoms with Crippen LogP contribution in [0.5, 0.6) is 5.75 Å². The molecular formula is C21H24N2O2. The van der Waals surface area contributed by atoms with Gasteiger partial charge in [-0.05, 0) is 35.7 Å². The number of hydrogen-bond donors (Lipinski definition) is 0. The van der Waals surface area contributed by atoms with E-state index < -0.39 is 0 Å². The minimum atomic E-state index is 0.149. The van der Waals surface area contributed by atoms with Crippen LogP contribution in [0, 0.1) is 0 Å². The van der Waals surface area contributed by atoms with Crippen molar-refractivity contribution >= 4 is 5.91 Å². The van der Waals surface area contributed by atoms with Crippen molar-refractivity contribution < 1.29 is 9.53 Å². The summed E-state index contributed by atoms with van der Waals surface area (Å²) >= 11 is 0. The van der Waals surface area contributed by atoms with Crippen LogP contribution in [0.4, 0.5) is 0 Å². The summed E-state index contributed by atoms with van der Waals surface area (Å²) in [7, 11) is 0. The summed E-state index contributed by atoms with van der Waals surface area (Å²) in [4.78, 5) is 17.3. The largest absolute Gasteiger partial charge is 0.493 e. The molecule has 2 aromatic rings. The molecule has 0 atom stereocenters. The van der Waals surface area contributed by atoms with E-state index in [1.807, 2.05) is 29.2 Å². The van der Waals surface area contributed by atoms with Gasteiger partial charge in [0.25, 0.3) is 5.91 Å². The van der Waals surface area contributed by atoms with Crippen LogP contribution in [0.15, 0.2) is 48.5 Å². The van der Waals surface area contributed by atoms with E-state index in [1.54, 1.807) is 0 Å². The Labute approximate surface area is 149 Å². The first-order valence-corrected chi connectivity index (χ1v) is 9.11. The van der Waals surface area contributed by atoms with Crippen molar-refractivity contribution in [3.05, 3.63) is 65.2 Å². The lowest BCUT2D eigenvalue weighted by Crippen LogP contribution is -2.35. The Kier molecular flexibility index (Phi) is 4.70. The van der Waals surface area contributed by atoms with Crippen LogP contribution >= 0.6 is 0 Å². The zero-order chi connectivity index (χ0) is 17.1. The Morgan fingerprint density at radius 1 is 1.00 bits per heavy atom. The first-order valence-electron chi connectivity index (χ1n) is 9.11. The van der Waals surface area contributed by atoms with Gasteiger partial charge in [0.15, 0.2) is 0 Å². The van der Waals surface area contributed by atoms with Crippen LogP contribution in [0.3, 0.4) is 0 Å². The van der Waals surface area contributed by atoms with E-state index >= 15 is 0 Å². The summed E-state index contributed by atoms with van der Waals surface area (Å²) in [6, 6.07) is 16.4. The first kappa shape index (κ1) is 16.2. The predicted molar refractivity (Wildman–Crippen MR) is 97.9 cm³/mol. The Bertz CT molecular complexity index is 745. The Morgan fingerprint density at radius 2 is 1.88 bits per heavy atom. The summed E-state index contributed by atoms with van der Waals surface area (Å²) in [5.74, 6) is 1.08. The van der Waals surface area contributed by atoms with Gasteiger partial charge in [0.1, 0.15) is 5.75 Å². The van der Waals surface area contributed by atoms with Gasteiger partial charge in [0, 0.05) is 44.7 Å². The second kappa shape index (κ2) is 7.28. The molecule has 0 aliphatic carbocycles. The van der Waals surface area contributed by atoms with Gasteiger partial charge in [-0.3, -0.25) is 9.69 Å². The molecule has 0 aromatic heterocycles. The van der Waals surface area contributed by atoms with Gasteiger partial charge in [-0.15, -0.1) is 0 Å². The van der Waals surface area contributed by atoms with E-state index in [4.69, 9.17) is 4.74 Å². The number of nitrogens with zero attached hydrogens (tertiary/aromatic N) is 2. The van der Waals surface area contributed by atoms with E-state index in [-0.39, 0.29) is 5.91 Å². The second-order valence-corrected chi connectivity index (χ2v) is 6.83. The van der Waals surface area contributed by atoms with Crippen molar-refractivity contribution in [2.24, 2.45) is 0 Å². The molecule has 4 rings (SSSR count). The van der Waals surface area contributed by atoms with Gasteiger partial charge >= 0.3 is 0 Å². The maximum absolute atomic E-state index is 12.9. The number of rotatable bonds is 3. The summed E-state index contributed by atoms with van der Waals surface area (Å²) in [5.41, 5.74) is 3.29. The predicted octanol–water partition coefficient (Wildman–Crippen LogP) is 2.97. The molecule has 130 valence electrons. The number of amides is 1. The Balaban J connectivity index is 1.39. The molecule has 0 spiro atoms. The number of benzene rings is 2. The molecule has 1 fully saturated rings. The quantitative estimate of drug-likeness (QED) is 0.864. The molecule has 2 aromatic carbocycles. The third kappa shape index (κ3) is 3.69. The van der Waals surface area contributed by atoms with Crippen molar-refractivity contribution in [2.75, 3.05) is 32.8 Å². The average Bonchev–Trinajstić information content (AvgIpc) is 3.00. The van der Waals surface area contributed by atoms with E-state index in [0.29, 0.717) is 0 Å². The number of hydrogen-bond acceptors (Lipinski definition) is 3. The molecule has 0 unspecified atom stereocenters. The van der Waals surface area contributed by atoms with Crippen LogP contribution in [-0.4, -0.2) is 48.5 Å². The lowest BCUT2D eigenvalue weighted by molar-refractivity contribution is 0.0761. The number of ether oxygens (including phenoxy) is 1. The van der Waals surface area contributed by atoms with Crippen LogP contribution < -0.4 is 4.74 Å². The minimum Gasteiger partial charge on any atom is -0.493 e. The smallest absolute Gasteiger partial charge is 0.253 e. The highest BCUT2D eigenvalue weighted by atomic mass is 16.5. The van der Waals surface area contributed by atoms with Crippen molar-refractivity contribution in [1.29, 1.82) is 0 Å². The zero-order valence-corrected chi connectivity index (χ0v) is 14.5. The lowest BCUT2D eigenvalue weighted by Gasteiger charge is -2.22. The molecule has 4 nitrogen and oxygen atoms in total. The van der Waals surface area contributed by atoms with Gasteiger partial charge in [-0.1, -0.05) is 30.3 Å². The highest BCUT2D eigenvalue weighted by Gasteiger charge is 2.22. The Hall–Kier alpha value is -2.33. The maximum Gasteiger partial charge on any atom is 0.253 e. The van der Waals surface area contributed by atoms with Gasteiger partial charge in [0.05, 0.1) is 6.61 Å². The summed E-state index contributed by atoms with van der Waals surface area (Å²) < 4.78 is 5.54. The fraction of sp³-hybridized carbons (Fsp3) is 0.381. The molecule has 2 heterocycles. The third-order valence-electron chi connectivity index (χ3n) is 5.06. The standard InChI is InChI=1S/C21H24N2O2/c24-21(19-7-8-20-18(15-19)9-14-25-20)23-11-4-10-22(12-13-23)16-17-5-2-1-3-6-17/h1-3,5-8,15H,4,9-14,16H2. The molecule has 2 aliphatic rings. The van der Waals surface area contributed by atoms with E-state index in [9.17, 15) is 4.79 Å². The van der Waals surface area contributed by atoms with E-state index in [1.165, 1.54) is 5.56 Å². The van der Waals surface area contributed by atoms with Crippen LogP contribution in [0.1, 0.15) is 27.9 Å². The highest BCUT2D eigenvalue weighted by Crippen LogP contribution is 2.26. The van der Waals surface area contributed by atoms with Crippen molar-refractivity contribution in [2.45, 2.75) is 19.4 Å². The van der Waals surface area contributed by atoms with Crippen LogP contribution in [-0.2, 0) is 13.0 Å². The van der Waals surface area contributed by atoms with Crippen molar-refractivity contribution in [1.82, 2.24) is 9.80 Å². The maximum atomic E-state index is 12.9. The molecule has 0 saturated carbocycles. The minimum absolute atomic E-state index is 0.149. The third-order valence-corrected chi connectivity index (χ3v) is 5.06. The van der Waals surface area contributed by atoms with Crippen molar-refractivity contribution in [3.8, 4) is 5.75 Å². The SMILES string of the molecule is O=C(c1ccc2c(c1)CCO2)N1CCCN(Cc2ccccc2)CC1. The number of fused-ring (bicyclic) bond motifs is 1. The van der Waals surface area contributed by atoms with Gasteiger partial charge in [-0.2, -0.15) is 0 Å². The van der Waals surface area contributed by atoms with Crippen LogP contribution in [0.25, 0.3) is 0 Å². The second-order valence-electron chi connectivity index (χ2n) is 6.83. The monoisotopic (exact) mass is 336 g/mol. The molecule has 0 bridgehead atoms. The summed E-state index contributed by atoms with van der Waals surface area (Å²) in [5, 5.41) is 0. The molecule has 4 heteroatoms. The molecule has 0 N–H and O–H groups in total. The molecule has 0 radical (unpaired) electrons. The van der Waals surface area contributed by atoms with E-state index in [0.717, 1.165) is 69.0 Å². The fourth-order valence-electron chi connectivity index (χ4n) is 3.68. The molecule has 1 saturated heterocycles. The van der Waals surface area contributed by atoms with Gasteiger partial charge in [0.2, 0.25) is 0 Å². The molecule has 1 amide bonds. The molecule has 2 aliphatic heterocycles. The van der Waals surface area contributed by atoms with Gasteiger partial charge in [-0.25, -0.2) is 0 Å². The molecular weight excluding hydrogens is 312 g/mol. The summed E-state index contributed by atoms with van der Waals surface area (Å²) in [6.45, 7) is 5.27. The van der Waals surface area contributed by atoms with Gasteiger partial charge < -0.3 is 9.64 Å². The summed E-state index contributed by atoms with van der Waals surface area (Å²) in [6.07, 6.45) is 1.92. The van der Waals surface area contributed by atoms with E-state index in [2.05, 4.69) is 29.2 Å². The topological polar surface area (TPSA) is 32.8 Å². The Morgan fingerprint density at radius 3 is 2.76 bits per heavy atom. The van der Waals surface area contributed by atoms with Crippen LogP contribution in [0.2, 0.25) is 0 Å². The zero-order valence-electron chi connectivity index (χ0n) is 14.5. The first-order chi connectivity index (χ1) is 12.3. The molecule has 25 heavy (non-hydrogen) atoms. The lowest BCUT2D eigenvalue weighted by atomic mass is 10.1.